The Hall–Kier alpha value is -3.63. The zero-order valence-corrected chi connectivity index (χ0v) is 33.0. The van der Waals surface area contributed by atoms with Crippen LogP contribution >= 0.6 is 0 Å². The molecule has 2 fully saturated rings. The van der Waals surface area contributed by atoms with Crippen LogP contribution in [0, 0.1) is 5.92 Å². The number of carbonyl (C=O) groups is 2. The third-order valence-electron chi connectivity index (χ3n) is 10.3. The van der Waals surface area contributed by atoms with Gasteiger partial charge < -0.3 is 15.1 Å². The van der Waals surface area contributed by atoms with Gasteiger partial charge in [0, 0.05) is 63.7 Å². The summed E-state index contributed by atoms with van der Waals surface area (Å²) in [6, 6.07) is 21.4. The molecule has 0 aromatic heterocycles. The number of hydrogen-bond acceptors (Lipinski definition) is 9. The van der Waals surface area contributed by atoms with Crippen molar-refractivity contribution in [3.05, 3.63) is 90.0 Å². The van der Waals surface area contributed by atoms with Crippen molar-refractivity contribution < 1.29 is 34.8 Å². The number of piperidine rings is 2. The Kier molecular flexibility index (Phi) is 13.2. The molecule has 15 heteroatoms. The number of benzene rings is 3. The van der Waals surface area contributed by atoms with E-state index in [9.17, 15) is 34.8 Å². The van der Waals surface area contributed by atoms with Crippen molar-refractivity contribution in [1.29, 1.82) is 0 Å². The average molecular weight is 787 g/mol. The number of rotatable bonds is 14. The standard InChI is InChI=1S/C38H50N4O8S3/c1-4-42(37(43)28-29-10-12-33(13-11-29)51(2,45)46)32-20-23-40(24-21-32)25-22-36(30-8-6-5-7-9-30)39-38(44)31-18-26-41(27-19-31)53(49,50)35-16-14-34(15-17-35)52(3,47)48/h5-17,31-32,36H,4,18-28H2,1-3H3,(H,39,44)/t36-/m0/s1. The number of nitrogens with zero attached hydrogens (tertiary/aromatic N) is 3. The van der Waals surface area contributed by atoms with Crippen molar-refractivity contribution in [2.24, 2.45) is 5.92 Å². The zero-order valence-electron chi connectivity index (χ0n) is 30.6. The van der Waals surface area contributed by atoms with Crippen molar-refractivity contribution in [3.8, 4) is 0 Å². The molecule has 0 saturated carbocycles. The Labute approximate surface area is 314 Å². The predicted octanol–water partition coefficient (Wildman–Crippen LogP) is 3.70. The van der Waals surface area contributed by atoms with E-state index in [1.54, 1.807) is 24.3 Å². The van der Waals surface area contributed by atoms with E-state index in [4.69, 9.17) is 0 Å². The topological polar surface area (TPSA) is 158 Å². The second kappa shape index (κ2) is 17.2. The van der Waals surface area contributed by atoms with E-state index in [0.29, 0.717) is 25.8 Å². The highest BCUT2D eigenvalue weighted by Gasteiger charge is 2.33. The first-order valence-corrected chi connectivity index (χ1v) is 23.2. The molecule has 53 heavy (non-hydrogen) atoms. The largest absolute Gasteiger partial charge is 0.349 e. The van der Waals surface area contributed by atoms with Gasteiger partial charge in [0.2, 0.25) is 21.8 Å². The molecule has 3 aromatic rings. The predicted molar refractivity (Wildman–Crippen MR) is 203 cm³/mol. The first-order valence-electron chi connectivity index (χ1n) is 18.0. The SMILES string of the molecule is CCN(C(=O)Cc1ccc(S(C)(=O)=O)cc1)C1CCN(CC[C@H](NC(=O)C2CCN(S(=O)(=O)c3ccc(S(C)(=O)=O)cc3)CC2)c2ccccc2)CC1. The van der Waals surface area contributed by atoms with Gasteiger partial charge in [-0.05, 0) is 86.6 Å². The third-order valence-corrected chi connectivity index (χ3v) is 14.5. The van der Waals surface area contributed by atoms with Gasteiger partial charge in [0.15, 0.2) is 19.7 Å². The first-order chi connectivity index (χ1) is 25.1. The molecule has 3 aromatic carbocycles. The van der Waals surface area contributed by atoms with Crippen LogP contribution in [0.4, 0.5) is 0 Å². The summed E-state index contributed by atoms with van der Waals surface area (Å²) in [6.07, 6.45) is 5.55. The van der Waals surface area contributed by atoms with E-state index in [0.717, 1.165) is 56.1 Å². The third kappa shape index (κ3) is 10.5. The molecule has 0 unspecified atom stereocenters. The minimum Gasteiger partial charge on any atom is -0.349 e. The van der Waals surface area contributed by atoms with Crippen LogP contribution in [0.25, 0.3) is 0 Å². The van der Waals surface area contributed by atoms with Gasteiger partial charge in [0.1, 0.15) is 0 Å². The zero-order chi connectivity index (χ0) is 38.4. The van der Waals surface area contributed by atoms with Crippen molar-refractivity contribution >= 4 is 41.5 Å². The molecule has 0 radical (unpaired) electrons. The van der Waals surface area contributed by atoms with Gasteiger partial charge >= 0.3 is 0 Å². The molecule has 2 aliphatic rings. The molecule has 12 nitrogen and oxygen atoms in total. The van der Waals surface area contributed by atoms with Crippen LogP contribution in [0.5, 0.6) is 0 Å². The van der Waals surface area contributed by atoms with Crippen LogP contribution in [0.2, 0.25) is 0 Å². The maximum atomic E-state index is 13.6. The molecule has 1 N–H and O–H groups in total. The van der Waals surface area contributed by atoms with Crippen LogP contribution in [0.15, 0.2) is 93.5 Å². The molecule has 2 heterocycles. The van der Waals surface area contributed by atoms with Crippen molar-refractivity contribution in [2.75, 3.05) is 51.8 Å². The van der Waals surface area contributed by atoms with Gasteiger partial charge in [-0.15, -0.1) is 0 Å². The van der Waals surface area contributed by atoms with E-state index in [-0.39, 0.29) is 64.0 Å². The van der Waals surface area contributed by atoms with Gasteiger partial charge in [-0.1, -0.05) is 42.5 Å². The van der Waals surface area contributed by atoms with E-state index in [1.807, 2.05) is 42.2 Å². The summed E-state index contributed by atoms with van der Waals surface area (Å²) in [5, 5.41) is 3.26. The fourth-order valence-electron chi connectivity index (χ4n) is 7.20. The Balaban J connectivity index is 1.12. The number of nitrogens with one attached hydrogen (secondary N) is 1. The van der Waals surface area contributed by atoms with E-state index in [1.165, 1.54) is 28.6 Å². The quantitative estimate of drug-likeness (QED) is 0.257. The fraction of sp³-hybridized carbons (Fsp3) is 0.474. The van der Waals surface area contributed by atoms with Crippen molar-refractivity contribution in [1.82, 2.24) is 19.4 Å². The number of likely N-dealkylation sites (N-methyl/N-ethyl adjacent to an activating group) is 1. The molecular formula is C38H50N4O8S3. The molecular weight excluding hydrogens is 737 g/mol. The van der Waals surface area contributed by atoms with Crippen LogP contribution in [-0.2, 0) is 45.7 Å². The number of hydrogen-bond donors (Lipinski definition) is 1. The lowest BCUT2D eigenvalue weighted by Gasteiger charge is -2.38. The average Bonchev–Trinajstić information content (AvgIpc) is 3.14. The highest BCUT2D eigenvalue weighted by atomic mass is 32.2. The van der Waals surface area contributed by atoms with Gasteiger partial charge in [-0.3, -0.25) is 9.59 Å². The Morgan fingerprint density at radius 2 is 1.26 bits per heavy atom. The summed E-state index contributed by atoms with van der Waals surface area (Å²) in [7, 11) is -10.6. The van der Waals surface area contributed by atoms with E-state index in [2.05, 4.69) is 10.2 Å². The van der Waals surface area contributed by atoms with Crippen molar-refractivity contribution in [2.45, 2.75) is 72.2 Å². The van der Waals surface area contributed by atoms with Crippen LogP contribution in [0.1, 0.15) is 56.2 Å². The maximum Gasteiger partial charge on any atom is 0.243 e. The smallest absolute Gasteiger partial charge is 0.243 e. The summed E-state index contributed by atoms with van der Waals surface area (Å²) in [4.78, 5) is 31.5. The number of sulfonamides is 1. The number of amides is 2. The van der Waals surface area contributed by atoms with Crippen LogP contribution in [-0.4, -0.2) is 109 Å². The molecule has 2 aliphatic heterocycles. The number of sulfone groups is 2. The Morgan fingerprint density at radius 1 is 0.736 bits per heavy atom. The lowest BCUT2D eigenvalue weighted by Crippen LogP contribution is -2.48. The minimum atomic E-state index is -3.84. The lowest BCUT2D eigenvalue weighted by molar-refractivity contribution is -0.133. The highest BCUT2D eigenvalue weighted by molar-refractivity contribution is 7.91. The second-order valence-corrected chi connectivity index (χ2v) is 20.0. The van der Waals surface area contributed by atoms with Crippen LogP contribution in [0.3, 0.4) is 0 Å². The number of likely N-dealkylation sites (tertiary alicyclic amines) is 1. The molecule has 288 valence electrons. The summed E-state index contributed by atoms with van der Waals surface area (Å²) in [5.74, 6) is -0.419. The molecule has 0 spiro atoms. The summed E-state index contributed by atoms with van der Waals surface area (Å²) in [6.45, 7) is 5.34. The van der Waals surface area contributed by atoms with Gasteiger partial charge in [0.05, 0.1) is 27.1 Å². The summed E-state index contributed by atoms with van der Waals surface area (Å²) < 4.78 is 75.1. The summed E-state index contributed by atoms with van der Waals surface area (Å²) in [5.41, 5.74) is 1.78. The Bertz CT molecular complexity index is 2040. The molecule has 0 aliphatic carbocycles. The lowest BCUT2D eigenvalue weighted by atomic mass is 9.95. The monoisotopic (exact) mass is 786 g/mol. The highest BCUT2D eigenvalue weighted by Crippen LogP contribution is 2.27. The normalized spacial score (nSPS) is 17.6. The fourth-order valence-corrected chi connectivity index (χ4v) is 9.93. The van der Waals surface area contributed by atoms with Crippen LogP contribution < -0.4 is 5.32 Å². The van der Waals surface area contributed by atoms with Gasteiger partial charge in [0.25, 0.3) is 0 Å². The molecule has 0 bridgehead atoms. The maximum absolute atomic E-state index is 13.6. The van der Waals surface area contributed by atoms with E-state index >= 15 is 0 Å². The molecule has 5 rings (SSSR count). The van der Waals surface area contributed by atoms with E-state index < -0.39 is 29.7 Å². The second-order valence-electron chi connectivity index (χ2n) is 14.0. The van der Waals surface area contributed by atoms with Gasteiger partial charge in [-0.25, -0.2) is 25.3 Å². The molecule has 2 amide bonds. The summed E-state index contributed by atoms with van der Waals surface area (Å²) >= 11 is 0. The van der Waals surface area contributed by atoms with Crippen molar-refractivity contribution in [3.63, 3.8) is 0 Å². The van der Waals surface area contributed by atoms with Gasteiger partial charge in [-0.2, -0.15) is 4.31 Å². The first kappa shape index (κ1) is 40.6. The Morgan fingerprint density at radius 3 is 1.79 bits per heavy atom. The minimum absolute atomic E-state index is 0.0220. The molecule has 1 atom stereocenters. The molecule has 2 saturated heterocycles. The number of carbonyl (C=O) groups excluding carboxylic acids is 2.